The van der Waals surface area contributed by atoms with Gasteiger partial charge in [-0.3, -0.25) is 19.9 Å². The van der Waals surface area contributed by atoms with Crippen LogP contribution < -0.4 is 0 Å². The molecule has 8 nitrogen and oxygen atoms in total. The number of nitriles is 1. The molecule has 0 aliphatic carbocycles. The minimum Gasteiger partial charge on any atom is -0.429 e. The van der Waals surface area contributed by atoms with E-state index in [1.165, 1.54) is 0 Å². The van der Waals surface area contributed by atoms with Gasteiger partial charge in [-0.05, 0) is 13.8 Å². The molecule has 2 aromatic carbocycles. The molecule has 0 unspecified atom stereocenters. The smallest absolute Gasteiger partial charge is 0.429 e. The quantitative estimate of drug-likeness (QED) is 0.231. The van der Waals surface area contributed by atoms with Crippen LogP contribution in [0.5, 0.6) is 0 Å². The molecule has 0 spiro atoms. The second-order valence-corrected chi connectivity index (χ2v) is 9.04. The first kappa shape index (κ1) is 25.0. The fourth-order valence-electron chi connectivity index (χ4n) is 4.42. The second-order valence-electron chi connectivity index (χ2n) is 9.04. The Hall–Kier alpha value is -4.65. The van der Waals surface area contributed by atoms with Crippen molar-refractivity contribution in [1.82, 2.24) is 29.1 Å². The van der Waals surface area contributed by atoms with Gasteiger partial charge in [0, 0.05) is 30.4 Å². The normalized spacial score (nSPS) is 11.2. The molecule has 0 saturated carbocycles. The molecule has 0 N–H and O–H groups in total. The van der Waals surface area contributed by atoms with Gasteiger partial charge in [0.2, 0.25) is 0 Å². The molecule has 0 aliphatic rings. The summed E-state index contributed by atoms with van der Waals surface area (Å²) in [6, 6.07) is 16.9. The summed E-state index contributed by atoms with van der Waals surface area (Å²) >= 11 is 0. The van der Waals surface area contributed by atoms with Crippen molar-refractivity contribution >= 4 is 27.5 Å². The summed E-state index contributed by atoms with van der Waals surface area (Å²) in [5.74, 6) is 1.19. The second kappa shape index (κ2) is 9.67. The van der Waals surface area contributed by atoms with Gasteiger partial charge < -0.3 is 9.13 Å². The summed E-state index contributed by atoms with van der Waals surface area (Å²) in [6.45, 7) is 11.5. The number of hydrogen-bond donors (Lipinski definition) is 0. The minimum atomic E-state index is -0.628. The Morgan fingerprint density at radius 3 is 1.97 bits per heavy atom. The van der Waals surface area contributed by atoms with E-state index in [9.17, 15) is 5.26 Å². The molecule has 0 radical (unpaired) electrons. The third kappa shape index (κ3) is 3.96. The molecular weight excluding hydrogens is 655 g/mol. The van der Waals surface area contributed by atoms with Gasteiger partial charge in [-0.2, -0.15) is 5.26 Å². The molecule has 184 valence electrons. The molecule has 4 aromatic heterocycles. The first-order chi connectivity index (χ1) is 18.0. The van der Waals surface area contributed by atoms with E-state index in [4.69, 9.17) is 16.5 Å². The van der Waals surface area contributed by atoms with Crippen LogP contribution in [-0.2, 0) is 26.5 Å². The van der Waals surface area contributed by atoms with Crippen molar-refractivity contribution in [1.29, 1.82) is 5.26 Å². The van der Waals surface area contributed by atoms with Crippen molar-refractivity contribution in [2.45, 2.75) is 19.3 Å². The van der Waals surface area contributed by atoms with Gasteiger partial charge in [0.15, 0.2) is 0 Å². The predicted molar refractivity (Wildman–Crippen MR) is 139 cm³/mol. The summed E-state index contributed by atoms with van der Waals surface area (Å²) in [5, 5.41) is 11.1. The van der Waals surface area contributed by atoms with E-state index in [2.05, 4.69) is 33.3 Å². The fraction of sp³-hybridized carbons (Fsp3) is 0.103. The summed E-state index contributed by atoms with van der Waals surface area (Å²) < 4.78 is 3.62. The van der Waals surface area contributed by atoms with E-state index in [-0.39, 0.29) is 21.1 Å². The Morgan fingerprint density at radius 2 is 1.39 bits per heavy atom. The average Bonchev–Trinajstić information content (AvgIpc) is 3.58. The molecule has 6 rings (SSSR count). The van der Waals surface area contributed by atoms with Crippen LogP contribution >= 0.6 is 0 Å². The summed E-state index contributed by atoms with van der Waals surface area (Å²) in [6.07, 6.45) is 13.2. The SMILES string of the molecule is [C-]#[N+]c1cccc2c1c[c-]n2-c1cncc(C(C)(C)c2cncc(-n3[c-]cc4c(C#N)cccc43)n2)n1.[Pt+2]. The molecule has 0 atom stereocenters. The largest absolute Gasteiger partial charge is 2.00 e. The maximum Gasteiger partial charge on any atom is 2.00 e. The van der Waals surface area contributed by atoms with E-state index in [0.29, 0.717) is 34.3 Å². The van der Waals surface area contributed by atoms with Crippen molar-refractivity contribution in [3.05, 3.63) is 114 Å². The number of benzene rings is 2. The van der Waals surface area contributed by atoms with Gasteiger partial charge in [0.1, 0.15) is 5.69 Å². The Labute approximate surface area is 233 Å². The number of nitrogens with zero attached hydrogens (tertiary/aromatic N) is 8. The Kier molecular flexibility index (Phi) is 6.36. The number of hydrogen-bond acceptors (Lipinski definition) is 5. The predicted octanol–water partition coefficient (Wildman–Crippen LogP) is 5.50. The molecule has 9 heteroatoms. The third-order valence-electron chi connectivity index (χ3n) is 6.52. The van der Waals surface area contributed by atoms with E-state index in [1.807, 2.05) is 42.7 Å². The zero-order valence-corrected chi connectivity index (χ0v) is 22.6. The van der Waals surface area contributed by atoms with Crippen molar-refractivity contribution in [2.75, 3.05) is 0 Å². The Bertz CT molecular complexity index is 1760. The molecule has 4 heterocycles. The molecule has 0 amide bonds. The molecule has 38 heavy (non-hydrogen) atoms. The summed E-state index contributed by atoms with van der Waals surface area (Å²) in [5.41, 5.74) is 3.62. The van der Waals surface area contributed by atoms with Gasteiger partial charge in [0.25, 0.3) is 0 Å². The van der Waals surface area contributed by atoms with Crippen LogP contribution in [0.3, 0.4) is 0 Å². The number of rotatable bonds is 4. The van der Waals surface area contributed by atoms with Crippen molar-refractivity contribution in [3.8, 4) is 17.7 Å². The van der Waals surface area contributed by atoms with Gasteiger partial charge in [-0.25, -0.2) is 4.85 Å². The van der Waals surface area contributed by atoms with Crippen molar-refractivity contribution in [2.24, 2.45) is 0 Å². The summed E-state index contributed by atoms with van der Waals surface area (Å²) in [7, 11) is 0. The standard InChI is InChI=1S/C29H18N8.Pt/c1-29(2,25-15-32-17-27(34-25)36-12-10-20-19(14-30)6-4-8-23(20)36)26-16-33-18-28(35-26)37-13-11-21-22(31-3)7-5-9-24(21)37;/h4-11,15-18H,1-2H3;/q-2;+2. The van der Waals surface area contributed by atoms with E-state index in [0.717, 1.165) is 21.8 Å². The zero-order chi connectivity index (χ0) is 25.6. The van der Waals surface area contributed by atoms with E-state index < -0.39 is 5.41 Å². The Morgan fingerprint density at radius 1 is 0.842 bits per heavy atom. The van der Waals surface area contributed by atoms with Crippen LogP contribution in [0.4, 0.5) is 5.69 Å². The molecule has 0 aliphatic heterocycles. The minimum absolute atomic E-state index is 0. The van der Waals surface area contributed by atoms with Crippen molar-refractivity contribution in [3.63, 3.8) is 0 Å². The Balaban J connectivity index is 0.00000294. The maximum absolute atomic E-state index is 9.44. The van der Waals surface area contributed by atoms with Gasteiger partial charge in [-0.15, -0.1) is 17.5 Å². The van der Waals surface area contributed by atoms with E-state index >= 15 is 0 Å². The first-order valence-electron chi connectivity index (χ1n) is 11.5. The fourth-order valence-corrected chi connectivity index (χ4v) is 4.42. The molecule has 0 fully saturated rings. The number of aromatic nitrogens is 6. The van der Waals surface area contributed by atoms with Gasteiger partial charge in [0.05, 0.1) is 41.1 Å². The van der Waals surface area contributed by atoms with Gasteiger partial charge >= 0.3 is 21.1 Å². The molecule has 0 saturated heterocycles. The van der Waals surface area contributed by atoms with Crippen LogP contribution in [0.15, 0.2) is 73.3 Å². The van der Waals surface area contributed by atoms with Crippen molar-refractivity contribution < 1.29 is 21.1 Å². The van der Waals surface area contributed by atoms with Crippen LogP contribution in [-0.4, -0.2) is 29.1 Å². The molecular formula is C29H18N8Pt. The van der Waals surface area contributed by atoms with Gasteiger partial charge in [-0.1, -0.05) is 65.2 Å². The average molecular weight is 674 g/mol. The van der Waals surface area contributed by atoms with Crippen LogP contribution in [0, 0.1) is 30.3 Å². The monoisotopic (exact) mass is 673 g/mol. The van der Waals surface area contributed by atoms with E-state index in [1.54, 1.807) is 53.6 Å². The maximum atomic E-state index is 9.44. The topological polar surface area (TPSA) is 89.6 Å². The first-order valence-corrected chi connectivity index (χ1v) is 11.5. The van der Waals surface area contributed by atoms with Crippen LogP contribution in [0.2, 0.25) is 0 Å². The van der Waals surface area contributed by atoms with Crippen LogP contribution in [0.25, 0.3) is 38.3 Å². The third-order valence-corrected chi connectivity index (χ3v) is 6.52. The molecule has 6 aromatic rings. The molecule has 0 bridgehead atoms. The summed E-state index contributed by atoms with van der Waals surface area (Å²) in [4.78, 5) is 22.3. The van der Waals surface area contributed by atoms with Crippen LogP contribution in [0.1, 0.15) is 30.8 Å². The number of fused-ring (bicyclic) bond motifs is 2. The zero-order valence-electron chi connectivity index (χ0n) is 20.3.